The van der Waals surface area contributed by atoms with Crippen molar-refractivity contribution in [1.82, 2.24) is 0 Å². The van der Waals surface area contributed by atoms with Crippen LogP contribution in [0.4, 0.5) is 0 Å². The molecule has 1 unspecified atom stereocenters. The molecule has 1 atom stereocenters. The van der Waals surface area contributed by atoms with Crippen molar-refractivity contribution in [2.24, 2.45) is 0 Å². The van der Waals surface area contributed by atoms with Crippen LogP contribution in [0, 0.1) is 0 Å². The highest BCUT2D eigenvalue weighted by molar-refractivity contribution is 5.78. The van der Waals surface area contributed by atoms with Gasteiger partial charge in [-0.15, -0.1) is 0 Å². The molecule has 1 rings (SSSR count). The van der Waals surface area contributed by atoms with Gasteiger partial charge in [-0.1, -0.05) is 140 Å². The van der Waals surface area contributed by atoms with Gasteiger partial charge in [0, 0.05) is 0 Å². The number of unbranched alkanes of at least 4 members (excludes halogenated alkanes) is 14. The van der Waals surface area contributed by atoms with Gasteiger partial charge in [0.15, 0.2) is 0 Å². The van der Waals surface area contributed by atoms with Crippen LogP contribution in [0.1, 0.15) is 134 Å². The zero-order valence-electron chi connectivity index (χ0n) is 20.0. The van der Waals surface area contributed by atoms with Gasteiger partial charge >= 0.3 is 5.97 Å². The molecule has 2 heteroatoms. The van der Waals surface area contributed by atoms with Crippen LogP contribution in [0.5, 0.6) is 0 Å². The van der Waals surface area contributed by atoms with E-state index in [0.29, 0.717) is 6.61 Å². The number of hydrogen-bond donors (Lipinski definition) is 0. The standard InChI is InChI=1S/C28H48O2/c1-3-5-7-8-9-10-11-12-13-14-15-16-17-21-24-27(26-22-19-18-20-23-26)28(29)30-25-6-4-2/h18-20,22-23,27H,3-17,21,24-25H2,1-2H3. The SMILES string of the molecule is CCCCCCCCCCCCCCCCC(C(=O)OCCCC)c1ccccc1. The van der Waals surface area contributed by atoms with Gasteiger partial charge in [-0.05, 0) is 18.4 Å². The first kappa shape index (κ1) is 26.7. The average Bonchev–Trinajstić information content (AvgIpc) is 2.77. The van der Waals surface area contributed by atoms with Crippen molar-refractivity contribution >= 4 is 5.97 Å². The highest BCUT2D eigenvalue weighted by Gasteiger charge is 2.21. The fraction of sp³-hybridized carbons (Fsp3) is 0.750. The largest absolute Gasteiger partial charge is 0.465 e. The first-order chi connectivity index (χ1) is 14.8. The van der Waals surface area contributed by atoms with E-state index in [1.807, 2.05) is 18.2 Å². The molecule has 30 heavy (non-hydrogen) atoms. The number of hydrogen-bond acceptors (Lipinski definition) is 2. The lowest BCUT2D eigenvalue weighted by atomic mass is 9.93. The second kappa shape index (κ2) is 19.6. The smallest absolute Gasteiger partial charge is 0.313 e. The summed E-state index contributed by atoms with van der Waals surface area (Å²) < 4.78 is 5.53. The monoisotopic (exact) mass is 416 g/mol. The molecular formula is C28H48O2. The van der Waals surface area contributed by atoms with Crippen molar-refractivity contribution in [1.29, 1.82) is 0 Å². The van der Waals surface area contributed by atoms with Crippen molar-refractivity contribution in [3.05, 3.63) is 35.9 Å². The van der Waals surface area contributed by atoms with Crippen LogP contribution in [0.2, 0.25) is 0 Å². The Bertz CT molecular complexity index is 497. The lowest BCUT2D eigenvalue weighted by Crippen LogP contribution is -2.17. The van der Waals surface area contributed by atoms with E-state index in [1.54, 1.807) is 0 Å². The second-order valence-electron chi connectivity index (χ2n) is 8.87. The zero-order chi connectivity index (χ0) is 21.7. The van der Waals surface area contributed by atoms with Gasteiger partial charge in [-0.2, -0.15) is 0 Å². The van der Waals surface area contributed by atoms with Crippen molar-refractivity contribution in [3.63, 3.8) is 0 Å². The molecule has 0 N–H and O–H groups in total. The molecule has 0 amide bonds. The van der Waals surface area contributed by atoms with Crippen LogP contribution in [0.3, 0.4) is 0 Å². The molecule has 0 aliphatic heterocycles. The number of carbonyl (C=O) groups is 1. The van der Waals surface area contributed by atoms with E-state index in [0.717, 1.165) is 31.2 Å². The maximum absolute atomic E-state index is 12.6. The fourth-order valence-electron chi connectivity index (χ4n) is 4.07. The minimum absolute atomic E-state index is 0.0376. The molecule has 0 fully saturated rings. The first-order valence-corrected chi connectivity index (χ1v) is 13.0. The van der Waals surface area contributed by atoms with Crippen LogP contribution in [0.15, 0.2) is 30.3 Å². The number of rotatable bonds is 20. The summed E-state index contributed by atoms with van der Waals surface area (Å²) in [5, 5.41) is 0. The quantitative estimate of drug-likeness (QED) is 0.156. The number of benzene rings is 1. The van der Waals surface area contributed by atoms with E-state index in [-0.39, 0.29) is 11.9 Å². The molecule has 2 nitrogen and oxygen atoms in total. The molecule has 0 aliphatic rings. The summed E-state index contributed by atoms with van der Waals surface area (Å²) in [6.07, 6.45) is 22.0. The van der Waals surface area contributed by atoms with Gasteiger partial charge in [0.1, 0.15) is 0 Å². The van der Waals surface area contributed by atoms with Crippen LogP contribution in [-0.4, -0.2) is 12.6 Å². The maximum Gasteiger partial charge on any atom is 0.313 e. The molecule has 0 bridgehead atoms. The van der Waals surface area contributed by atoms with E-state index in [1.165, 1.54) is 83.5 Å². The second-order valence-corrected chi connectivity index (χ2v) is 8.87. The summed E-state index contributed by atoms with van der Waals surface area (Å²) in [6, 6.07) is 10.2. The highest BCUT2D eigenvalue weighted by atomic mass is 16.5. The fourth-order valence-corrected chi connectivity index (χ4v) is 4.07. The Kier molecular flexibility index (Phi) is 17.5. The third-order valence-electron chi connectivity index (χ3n) is 6.08. The van der Waals surface area contributed by atoms with Gasteiger partial charge in [0.2, 0.25) is 0 Å². The van der Waals surface area contributed by atoms with Crippen LogP contribution < -0.4 is 0 Å². The third kappa shape index (κ3) is 13.8. The minimum atomic E-state index is -0.0969. The third-order valence-corrected chi connectivity index (χ3v) is 6.08. The molecule has 172 valence electrons. The number of ether oxygens (including phenoxy) is 1. The maximum atomic E-state index is 12.6. The van der Waals surface area contributed by atoms with Crippen LogP contribution in [-0.2, 0) is 9.53 Å². The van der Waals surface area contributed by atoms with E-state index in [2.05, 4.69) is 26.0 Å². The average molecular weight is 417 g/mol. The Morgan fingerprint density at radius 3 is 1.63 bits per heavy atom. The molecule has 0 radical (unpaired) electrons. The first-order valence-electron chi connectivity index (χ1n) is 13.0. The summed E-state index contributed by atoms with van der Waals surface area (Å²) >= 11 is 0. The zero-order valence-corrected chi connectivity index (χ0v) is 20.0. The summed E-state index contributed by atoms with van der Waals surface area (Å²) in [4.78, 5) is 12.6. The van der Waals surface area contributed by atoms with E-state index < -0.39 is 0 Å². The predicted molar refractivity (Wildman–Crippen MR) is 130 cm³/mol. The number of esters is 1. The van der Waals surface area contributed by atoms with Crippen molar-refractivity contribution in [3.8, 4) is 0 Å². The molecule has 0 aliphatic carbocycles. The van der Waals surface area contributed by atoms with Crippen LogP contribution >= 0.6 is 0 Å². The lowest BCUT2D eigenvalue weighted by Gasteiger charge is -2.16. The summed E-state index contributed by atoms with van der Waals surface area (Å²) in [7, 11) is 0. The summed E-state index contributed by atoms with van der Waals surface area (Å²) in [5.74, 6) is -0.135. The summed E-state index contributed by atoms with van der Waals surface area (Å²) in [5.41, 5.74) is 1.11. The van der Waals surface area contributed by atoms with Gasteiger partial charge in [0.05, 0.1) is 12.5 Å². The van der Waals surface area contributed by atoms with E-state index >= 15 is 0 Å². The molecule has 0 aromatic heterocycles. The molecule has 0 spiro atoms. The van der Waals surface area contributed by atoms with Gasteiger partial charge in [0.25, 0.3) is 0 Å². The van der Waals surface area contributed by atoms with Crippen LogP contribution in [0.25, 0.3) is 0 Å². The van der Waals surface area contributed by atoms with E-state index in [9.17, 15) is 4.79 Å². The Balaban J connectivity index is 2.09. The molecule has 0 saturated heterocycles. The Morgan fingerprint density at radius 1 is 0.667 bits per heavy atom. The van der Waals surface area contributed by atoms with Gasteiger partial charge in [-0.3, -0.25) is 4.79 Å². The lowest BCUT2D eigenvalue weighted by molar-refractivity contribution is -0.145. The highest BCUT2D eigenvalue weighted by Crippen LogP contribution is 2.25. The minimum Gasteiger partial charge on any atom is -0.465 e. The molecule has 1 aromatic carbocycles. The predicted octanol–water partition coefficient (Wildman–Crippen LogP) is 8.98. The molecule has 0 saturated carbocycles. The summed E-state index contributed by atoms with van der Waals surface area (Å²) in [6.45, 7) is 4.96. The van der Waals surface area contributed by atoms with E-state index in [4.69, 9.17) is 4.74 Å². The van der Waals surface area contributed by atoms with Crippen molar-refractivity contribution < 1.29 is 9.53 Å². The van der Waals surface area contributed by atoms with Crippen molar-refractivity contribution in [2.75, 3.05) is 6.61 Å². The Hall–Kier alpha value is -1.31. The van der Waals surface area contributed by atoms with Gasteiger partial charge < -0.3 is 4.74 Å². The Labute approximate surface area is 187 Å². The normalized spacial score (nSPS) is 12.1. The topological polar surface area (TPSA) is 26.3 Å². The van der Waals surface area contributed by atoms with Gasteiger partial charge in [-0.25, -0.2) is 0 Å². The Morgan fingerprint density at radius 2 is 1.13 bits per heavy atom. The molecule has 1 aromatic rings. The molecular weight excluding hydrogens is 368 g/mol. The van der Waals surface area contributed by atoms with Crippen molar-refractivity contribution in [2.45, 2.75) is 129 Å². The molecule has 0 heterocycles. The number of carbonyl (C=O) groups excluding carboxylic acids is 1.